The molecule has 1 heterocycles. The summed E-state index contributed by atoms with van der Waals surface area (Å²) in [5.74, 6) is -2.18. The van der Waals surface area contributed by atoms with Gasteiger partial charge in [-0.3, -0.25) is 0 Å². The lowest BCUT2D eigenvalue weighted by Gasteiger charge is -2.24. The van der Waals surface area contributed by atoms with Crippen LogP contribution >= 0.6 is 0 Å². The van der Waals surface area contributed by atoms with Gasteiger partial charge in [0, 0.05) is 24.1 Å². The summed E-state index contributed by atoms with van der Waals surface area (Å²) in [5.41, 5.74) is 0.924. The Morgan fingerprint density at radius 2 is 1.89 bits per heavy atom. The molecule has 19 heavy (non-hydrogen) atoms. The number of fused-ring (bicyclic) bond motifs is 1. The van der Waals surface area contributed by atoms with Crippen molar-refractivity contribution in [2.24, 2.45) is 0 Å². The third kappa shape index (κ3) is 2.20. The SMILES string of the molecule is Fc1cc(F)c(NC2CCCc3occc32)cc1F. The Bertz CT molecular complexity index is 609. The molecule has 100 valence electrons. The van der Waals surface area contributed by atoms with Crippen LogP contribution in [0.15, 0.2) is 28.9 Å². The Balaban J connectivity index is 1.89. The van der Waals surface area contributed by atoms with Crippen molar-refractivity contribution in [1.29, 1.82) is 0 Å². The molecule has 1 aromatic heterocycles. The number of hydrogen-bond donors (Lipinski definition) is 1. The largest absolute Gasteiger partial charge is 0.469 e. The fourth-order valence-electron chi connectivity index (χ4n) is 2.46. The maximum atomic E-state index is 13.6. The number of anilines is 1. The molecule has 0 amide bonds. The first-order valence-corrected chi connectivity index (χ1v) is 6.12. The van der Waals surface area contributed by atoms with Crippen LogP contribution in [-0.4, -0.2) is 0 Å². The van der Waals surface area contributed by atoms with Crippen LogP contribution in [0, 0.1) is 17.5 Å². The minimum Gasteiger partial charge on any atom is -0.469 e. The predicted octanol–water partition coefficient (Wildman–Crippen LogP) is 4.19. The van der Waals surface area contributed by atoms with Crippen LogP contribution < -0.4 is 5.32 Å². The summed E-state index contributed by atoms with van der Waals surface area (Å²) in [4.78, 5) is 0. The van der Waals surface area contributed by atoms with Crippen molar-refractivity contribution in [1.82, 2.24) is 0 Å². The van der Waals surface area contributed by atoms with E-state index in [1.807, 2.05) is 6.07 Å². The van der Waals surface area contributed by atoms with Crippen molar-refractivity contribution >= 4 is 5.69 Å². The topological polar surface area (TPSA) is 25.2 Å². The minimum atomic E-state index is -1.18. The van der Waals surface area contributed by atoms with Gasteiger partial charge < -0.3 is 9.73 Å². The zero-order valence-electron chi connectivity index (χ0n) is 10.1. The molecular weight excluding hydrogens is 255 g/mol. The first-order chi connectivity index (χ1) is 9.15. The second-order valence-electron chi connectivity index (χ2n) is 4.63. The maximum absolute atomic E-state index is 13.6. The van der Waals surface area contributed by atoms with Crippen LogP contribution in [0.5, 0.6) is 0 Å². The van der Waals surface area contributed by atoms with Crippen LogP contribution in [0.4, 0.5) is 18.9 Å². The standard InChI is InChI=1S/C14H12F3NO/c15-9-6-11(17)13(7-10(9)16)18-12-2-1-3-14-8(12)4-5-19-14/h4-7,12,18H,1-3H2. The Labute approximate surface area is 108 Å². The zero-order valence-corrected chi connectivity index (χ0v) is 10.1. The minimum absolute atomic E-state index is 0.0297. The Hall–Kier alpha value is -1.91. The van der Waals surface area contributed by atoms with Gasteiger partial charge in [-0.2, -0.15) is 0 Å². The molecule has 1 aliphatic rings. The molecule has 0 fully saturated rings. The molecule has 0 saturated heterocycles. The van der Waals surface area contributed by atoms with E-state index in [-0.39, 0.29) is 11.7 Å². The van der Waals surface area contributed by atoms with Crippen LogP contribution in [0.3, 0.4) is 0 Å². The van der Waals surface area contributed by atoms with Crippen molar-refractivity contribution in [3.8, 4) is 0 Å². The molecule has 5 heteroatoms. The van der Waals surface area contributed by atoms with E-state index in [2.05, 4.69) is 5.32 Å². The van der Waals surface area contributed by atoms with E-state index in [0.717, 1.165) is 36.7 Å². The highest BCUT2D eigenvalue weighted by Gasteiger charge is 2.23. The van der Waals surface area contributed by atoms with Crippen molar-refractivity contribution in [2.75, 3.05) is 5.32 Å². The molecule has 2 aromatic rings. The van der Waals surface area contributed by atoms with E-state index in [0.29, 0.717) is 6.07 Å². The summed E-state index contributed by atoms with van der Waals surface area (Å²) in [6.45, 7) is 0. The molecule has 1 N–H and O–H groups in total. The zero-order chi connectivity index (χ0) is 13.4. The average molecular weight is 267 g/mol. The van der Waals surface area contributed by atoms with Crippen molar-refractivity contribution < 1.29 is 17.6 Å². The molecule has 1 aromatic carbocycles. The monoisotopic (exact) mass is 267 g/mol. The molecule has 1 atom stereocenters. The van der Waals surface area contributed by atoms with Gasteiger partial charge >= 0.3 is 0 Å². The smallest absolute Gasteiger partial charge is 0.161 e. The summed E-state index contributed by atoms with van der Waals surface area (Å²) in [5, 5.41) is 2.92. The molecule has 0 saturated carbocycles. The summed E-state index contributed by atoms with van der Waals surface area (Å²) in [7, 11) is 0. The van der Waals surface area contributed by atoms with Gasteiger partial charge in [-0.05, 0) is 18.9 Å². The summed E-state index contributed by atoms with van der Waals surface area (Å²) >= 11 is 0. The van der Waals surface area contributed by atoms with Crippen LogP contribution in [0.1, 0.15) is 30.2 Å². The lowest BCUT2D eigenvalue weighted by Crippen LogP contribution is -2.16. The number of aryl methyl sites for hydroxylation is 1. The molecule has 0 bridgehead atoms. The molecule has 1 unspecified atom stereocenters. The van der Waals surface area contributed by atoms with Crippen molar-refractivity contribution in [2.45, 2.75) is 25.3 Å². The fraction of sp³-hybridized carbons (Fsp3) is 0.286. The average Bonchev–Trinajstić information content (AvgIpc) is 2.85. The molecule has 0 radical (unpaired) electrons. The highest BCUT2D eigenvalue weighted by atomic mass is 19.2. The van der Waals surface area contributed by atoms with Gasteiger partial charge in [0.25, 0.3) is 0 Å². The highest BCUT2D eigenvalue weighted by Crippen LogP contribution is 2.34. The Morgan fingerprint density at radius 3 is 2.74 bits per heavy atom. The summed E-state index contributed by atoms with van der Waals surface area (Å²) in [6.07, 6.45) is 4.14. The van der Waals surface area contributed by atoms with Crippen LogP contribution in [0.25, 0.3) is 0 Å². The van der Waals surface area contributed by atoms with E-state index < -0.39 is 17.5 Å². The van der Waals surface area contributed by atoms with Crippen molar-refractivity contribution in [3.63, 3.8) is 0 Å². The molecule has 1 aliphatic carbocycles. The number of furan rings is 1. The molecule has 0 spiro atoms. The first kappa shape index (κ1) is 12.1. The van der Waals surface area contributed by atoms with Gasteiger partial charge in [0.1, 0.15) is 11.6 Å². The molecule has 3 rings (SSSR count). The van der Waals surface area contributed by atoms with Gasteiger partial charge in [-0.1, -0.05) is 0 Å². The van der Waals surface area contributed by atoms with Gasteiger partial charge in [0.2, 0.25) is 0 Å². The number of hydrogen-bond acceptors (Lipinski definition) is 2. The molecule has 2 nitrogen and oxygen atoms in total. The van der Waals surface area contributed by atoms with Gasteiger partial charge in [-0.15, -0.1) is 0 Å². The highest BCUT2D eigenvalue weighted by molar-refractivity contribution is 5.48. The molecular formula is C14H12F3NO. The third-order valence-electron chi connectivity index (χ3n) is 3.39. The quantitative estimate of drug-likeness (QED) is 0.825. The van der Waals surface area contributed by atoms with Gasteiger partial charge in [0.05, 0.1) is 18.0 Å². The summed E-state index contributed by atoms with van der Waals surface area (Å²) < 4.78 is 44.9. The van der Waals surface area contributed by atoms with Crippen LogP contribution in [-0.2, 0) is 6.42 Å². The second-order valence-corrected chi connectivity index (χ2v) is 4.63. The number of benzene rings is 1. The Morgan fingerprint density at radius 1 is 1.11 bits per heavy atom. The summed E-state index contributed by atoms with van der Waals surface area (Å²) in [6, 6.07) is 3.08. The number of rotatable bonds is 2. The Kier molecular flexibility index (Phi) is 2.97. The van der Waals surface area contributed by atoms with E-state index in [1.54, 1.807) is 6.26 Å². The lowest BCUT2D eigenvalue weighted by molar-refractivity contribution is 0.459. The van der Waals surface area contributed by atoms with E-state index >= 15 is 0 Å². The normalized spacial score (nSPS) is 18.2. The number of nitrogens with one attached hydrogen (secondary N) is 1. The molecule has 0 aliphatic heterocycles. The predicted molar refractivity (Wildman–Crippen MR) is 64.3 cm³/mol. The van der Waals surface area contributed by atoms with E-state index in [9.17, 15) is 13.2 Å². The van der Waals surface area contributed by atoms with E-state index in [1.165, 1.54) is 0 Å². The lowest BCUT2D eigenvalue weighted by atomic mass is 9.93. The first-order valence-electron chi connectivity index (χ1n) is 6.12. The van der Waals surface area contributed by atoms with Crippen LogP contribution in [0.2, 0.25) is 0 Å². The third-order valence-corrected chi connectivity index (χ3v) is 3.39. The maximum Gasteiger partial charge on any atom is 0.161 e. The van der Waals surface area contributed by atoms with Gasteiger partial charge in [-0.25, -0.2) is 13.2 Å². The van der Waals surface area contributed by atoms with Gasteiger partial charge in [0.15, 0.2) is 11.6 Å². The van der Waals surface area contributed by atoms with Crippen molar-refractivity contribution in [3.05, 3.63) is 53.2 Å². The van der Waals surface area contributed by atoms with E-state index in [4.69, 9.17) is 4.42 Å². The number of halogens is 3. The fourth-order valence-corrected chi connectivity index (χ4v) is 2.46. The second kappa shape index (κ2) is 4.64.